The summed E-state index contributed by atoms with van der Waals surface area (Å²) in [5.41, 5.74) is 2.77. The number of para-hydroxylation sites is 1. The molecular weight excluding hydrogens is 445 g/mol. The Kier molecular flexibility index (Phi) is 10.3. The molecular formula is C28H38FN3O3. The molecule has 7 heteroatoms. The third-order valence-corrected chi connectivity index (χ3v) is 5.54. The van der Waals surface area contributed by atoms with Crippen molar-refractivity contribution in [3.05, 3.63) is 71.7 Å². The lowest BCUT2D eigenvalue weighted by molar-refractivity contribution is 0.00680. The summed E-state index contributed by atoms with van der Waals surface area (Å²) < 4.78 is 27.3. The van der Waals surface area contributed by atoms with Gasteiger partial charge in [-0.15, -0.1) is 0 Å². The number of hydrogen-bond donors (Lipinski definition) is 1. The fraction of sp³-hybridized carbons (Fsp3) is 0.464. The standard InChI is InChI=1S/C28H38FN3O3/c1-5-16-31(17-24(33)20-34-19-21(3)4)18-26-27(6-2)30-32(23-10-8-7-9-11-23)28(26)35-25-14-12-22(29)13-15-25/h7-15,21,24,33H,5-6,16-20H2,1-4H3/t24-/m1/s1. The highest BCUT2D eigenvalue weighted by molar-refractivity contribution is 5.43. The Hall–Kier alpha value is -2.74. The fourth-order valence-corrected chi connectivity index (χ4v) is 3.95. The van der Waals surface area contributed by atoms with Crippen LogP contribution in [0.4, 0.5) is 4.39 Å². The van der Waals surface area contributed by atoms with E-state index in [9.17, 15) is 9.50 Å². The van der Waals surface area contributed by atoms with Crippen molar-refractivity contribution in [3.8, 4) is 17.3 Å². The van der Waals surface area contributed by atoms with Crippen molar-refractivity contribution in [2.24, 2.45) is 5.92 Å². The summed E-state index contributed by atoms with van der Waals surface area (Å²) in [4.78, 5) is 2.21. The molecule has 3 aromatic rings. The Bertz CT molecular complexity index is 1020. The third-order valence-electron chi connectivity index (χ3n) is 5.54. The van der Waals surface area contributed by atoms with Gasteiger partial charge in [-0.2, -0.15) is 5.10 Å². The van der Waals surface area contributed by atoms with Gasteiger partial charge in [0.25, 0.3) is 0 Å². The zero-order valence-corrected chi connectivity index (χ0v) is 21.3. The van der Waals surface area contributed by atoms with Gasteiger partial charge >= 0.3 is 0 Å². The van der Waals surface area contributed by atoms with E-state index in [1.807, 2.05) is 35.0 Å². The third kappa shape index (κ3) is 7.88. The molecule has 0 fully saturated rings. The molecule has 0 spiro atoms. The van der Waals surface area contributed by atoms with Crippen molar-refractivity contribution in [3.63, 3.8) is 0 Å². The average Bonchev–Trinajstić information content (AvgIpc) is 3.18. The maximum atomic E-state index is 13.5. The van der Waals surface area contributed by atoms with Crippen LogP contribution in [0.5, 0.6) is 11.6 Å². The van der Waals surface area contributed by atoms with Crippen LogP contribution in [0.15, 0.2) is 54.6 Å². The van der Waals surface area contributed by atoms with Crippen LogP contribution in [-0.2, 0) is 17.7 Å². The Morgan fingerprint density at radius 1 is 1.03 bits per heavy atom. The van der Waals surface area contributed by atoms with Gasteiger partial charge in [-0.3, -0.25) is 4.90 Å². The topological polar surface area (TPSA) is 59.8 Å². The van der Waals surface area contributed by atoms with Crippen LogP contribution in [0.2, 0.25) is 0 Å². The summed E-state index contributed by atoms with van der Waals surface area (Å²) in [6.45, 7) is 11.2. The van der Waals surface area contributed by atoms with Crippen molar-refractivity contribution in [2.75, 3.05) is 26.3 Å². The van der Waals surface area contributed by atoms with E-state index in [4.69, 9.17) is 14.6 Å². The van der Waals surface area contributed by atoms with Crippen LogP contribution >= 0.6 is 0 Å². The van der Waals surface area contributed by atoms with E-state index in [-0.39, 0.29) is 5.82 Å². The van der Waals surface area contributed by atoms with Crippen molar-refractivity contribution >= 4 is 0 Å². The predicted molar refractivity (Wildman–Crippen MR) is 137 cm³/mol. The molecule has 0 amide bonds. The number of benzene rings is 2. The summed E-state index contributed by atoms with van der Waals surface area (Å²) in [6.07, 6.45) is 1.09. The number of hydrogen-bond acceptors (Lipinski definition) is 5. The largest absolute Gasteiger partial charge is 0.439 e. The minimum atomic E-state index is -0.587. The molecule has 3 rings (SSSR count). The number of aliphatic hydroxyl groups is 1. The number of nitrogens with zero attached hydrogens (tertiary/aromatic N) is 3. The van der Waals surface area contributed by atoms with Gasteiger partial charge in [0, 0.05) is 19.7 Å². The zero-order chi connectivity index (χ0) is 25.2. The minimum absolute atomic E-state index is 0.307. The lowest BCUT2D eigenvalue weighted by Crippen LogP contribution is -2.35. The van der Waals surface area contributed by atoms with Gasteiger partial charge in [0.2, 0.25) is 5.88 Å². The summed E-state index contributed by atoms with van der Waals surface area (Å²) in [6, 6.07) is 15.8. The second-order valence-electron chi connectivity index (χ2n) is 9.21. The molecule has 0 aliphatic heterocycles. The Morgan fingerprint density at radius 3 is 2.37 bits per heavy atom. The van der Waals surface area contributed by atoms with Gasteiger partial charge in [-0.05, 0) is 61.7 Å². The van der Waals surface area contributed by atoms with Crippen LogP contribution in [0, 0.1) is 11.7 Å². The van der Waals surface area contributed by atoms with E-state index in [2.05, 4.69) is 32.6 Å². The normalized spacial score (nSPS) is 12.5. The molecule has 1 atom stereocenters. The molecule has 2 aromatic carbocycles. The molecule has 35 heavy (non-hydrogen) atoms. The molecule has 0 saturated heterocycles. The maximum absolute atomic E-state index is 13.5. The maximum Gasteiger partial charge on any atom is 0.227 e. The number of rotatable bonds is 14. The molecule has 0 aliphatic rings. The Morgan fingerprint density at radius 2 is 1.74 bits per heavy atom. The molecule has 0 bridgehead atoms. The lowest BCUT2D eigenvalue weighted by Gasteiger charge is -2.25. The molecule has 1 aromatic heterocycles. The van der Waals surface area contributed by atoms with Crippen LogP contribution in [0.1, 0.15) is 45.4 Å². The monoisotopic (exact) mass is 483 g/mol. The van der Waals surface area contributed by atoms with Crippen molar-refractivity contribution in [2.45, 2.75) is 53.2 Å². The van der Waals surface area contributed by atoms with Crippen molar-refractivity contribution in [1.29, 1.82) is 0 Å². The molecule has 1 N–H and O–H groups in total. The first kappa shape index (κ1) is 26.9. The van der Waals surface area contributed by atoms with E-state index in [0.717, 1.165) is 36.3 Å². The fourth-order valence-electron chi connectivity index (χ4n) is 3.95. The molecule has 0 saturated carbocycles. The quantitative estimate of drug-likeness (QED) is 0.323. The van der Waals surface area contributed by atoms with Gasteiger partial charge in [0.05, 0.1) is 29.7 Å². The molecule has 0 aliphatic carbocycles. The smallest absolute Gasteiger partial charge is 0.227 e. The summed E-state index contributed by atoms with van der Waals surface area (Å²) in [5.74, 6) is 1.25. The van der Waals surface area contributed by atoms with E-state index in [0.29, 0.717) is 43.9 Å². The summed E-state index contributed by atoms with van der Waals surface area (Å²) in [7, 11) is 0. The number of aromatic nitrogens is 2. The van der Waals surface area contributed by atoms with Crippen LogP contribution in [-0.4, -0.2) is 52.2 Å². The highest BCUT2D eigenvalue weighted by Crippen LogP contribution is 2.32. The summed E-state index contributed by atoms with van der Waals surface area (Å²) >= 11 is 0. The molecule has 0 radical (unpaired) electrons. The SMILES string of the molecule is CCCN(Cc1c(CC)nn(-c2ccccc2)c1Oc1ccc(F)cc1)C[C@@H](O)COCC(C)C. The molecule has 0 unspecified atom stereocenters. The van der Waals surface area contributed by atoms with E-state index >= 15 is 0 Å². The van der Waals surface area contributed by atoms with Gasteiger partial charge < -0.3 is 14.6 Å². The first-order valence-electron chi connectivity index (χ1n) is 12.5. The van der Waals surface area contributed by atoms with Crippen LogP contribution < -0.4 is 4.74 Å². The zero-order valence-electron chi connectivity index (χ0n) is 21.3. The molecule has 1 heterocycles. The van der Waals surface area contributed by atoms with E-state index in [1.54, 1.807) is 12.1 Å². The predicted octanol–water partition coefficient (Wildman–Crippen LogP) is 5.61. The van der Waals surface area contributed by atoms with Crippen LogP contribution in [0.25, 0.3) is 5.69 Å². The highest BCUT2D eigenvalue weighted by atomic mass is 19.1. The van der Waals surface area contributed by atoms with Crippen LogP contribution in [0.3, 0.4) is 0 Å². The first-order chi connectivity index (χ1) is 16.9. The summed E-state index contributed by atoms with van der Waals surface area (Å²) in [5, 5.41) is 15.5. The lowest BCUT2D eigenvalue weighted by atomic mass is 10.1. The minimum Gasteiger partial charge on any atom is -0.439 e. The van der Waals surface area contributed by atoms with Gasteiger partial charge in [-0.1, -0.05) is 45.9 Å². The van der Waals surface area contributed by atoms with Crippen molar-refractivity contribution in [1.82, 2.24) is 14.7 Å². The molecule has 190 valence electrons. The van der Waals surface area contributed by atoms with Gasteiger partial charge in [0.1, 0.15) is 11.6 Å². The van der Waals surface area contributed by atoms with Gasteiger partial charge in [-0.25, -0.2) is 9.07 Å². The first-order valence-corrected chi connectivity index (χ1v) is 12.5. The second kappa shape index (κ2) is 13.4. The number of halogens is 1. The van der Waals surface area contributed by atoms with E-state index < -0.39 is 6.10 Å². The number of aryl methyl sites for hydroxylation is 1. The average molecular weight is 484 g/mol. The van der Waals surface area contributed by atoms with Gasteiger partial charge in [0.15, 0.2) is 0 Å². The van der Waals surface area contributed by atoms with Crippen molar-refractivity contribution < 1.29 is 19.0 Å². The van der Waals surface area contributed by atoms with E-state index in [1.165, 1.54) is 12.1 Å². The molecule has 6 nitrogen and oxygen atoms in total. The Labute approximate surface area is 208 Å². The number of aliphatic hydroxyl groups excluding tert-OH is 1. The number of ether oxygens (including phenoxy) is 2. The second-order valence-corrected chi connectivity index (χ2v) is 9.21. The Balaban J connectivity index is 1.91. The highest BCUT2D eigenvalue weighted by Gasteiger charge is 2.23.